The van der Waals surface area contributed by atoms with Crippen molar-refractivity contribution in [2.75, 3.05) is 5.75 Å². The number of nitrogens with zero attached hydrogens (tertiary/aromatic N) is 3. The number of fused-ring (bicyclic) bond motifs is 1. The van der Waals surface area contributed by atoms with Gasteiger partial charge in [0.05, 0.1) is 17.6 Å². The number of hydrogen-bond acceptors (Lipinski definition) is 5. The number of hydrogen-bond donors (Lipinski definition) is 2. The van der Waals surface area contributed by atoms with E-state index in [0.29, 0.717) is 6.07 Å². The third-order valence-electron chi connectivity index (χ3n) is 4.44. The predicted molar refractivity (Wildman–Crippen MR) is 108 cm³/mol. The fourth-order valence-corrected chi connectivity index (χ4v) is 3.70. The number of carbonyl (C=O) groups excluding carboxylic acids is 1. The lowest BCUT2D eigenvalue weighted by Crippen LogP contribution is -2.26. The summed E-state index contributed by atoms with van der Waals surface area (Å²) < 4.78 is 54.8. The van der Waals surface area contributed by atoms with Gasteiger partial charge in [-0.2, -0.15) is 5.10 Å². The van der Waals surface area contributed by atoms with E-state index < -0.39 is 34.7 Å². The Morgan fingerprint density at radius 3 is 2.62 bits per heavy atom. The van der Waals surface area contributed by atoms with Gasteiger partial charge in [-0.15, -0.1) is 0 Å². The summed E-state index contributed by atoms with van der Waals surface area (Å²) in [6.07, 6.45) is 1.25. The number of benzene rings is 2. The Kier molecular flexibility index (Phi) is 5.95. The van der Waals surface area contributed by atoms with Crippen LogP contribution in [-0.4, -0.2) is 31.4 Å². The molecule has 0 aliphatic carbocycles. The summed E-state index contributed by atoms with van der Waals surface area (Å²) >= 11 is 0.856. The highest BCUT2D eigenvalue weighted by molar-refractivity contribution is 7.99. The van der Waals surface area contributed by atoms with E-state index in [2.05, 4.69) is 20.5 Å². The van der Waals surface area contributed by atoms with Crippen LogP contribution in [0.1, 0.15) is 5.56 Å². The Morgan fingerprint density at radius 2 is 1.88 bits per heavy atom. The fraction of sp³-hybridized carbons (Fsp3) is 0.100. The van der Waals surface area contributed by atoms with E-state index in [1.807, 2.05) is 0 Å². The first-order chi connectivity index (χ1) is 15.3. The molecule has 2 aromatic carbocycles. The summed E-state index contributed by atoms with van der Waals surface area (Å²) in [6.45, 7) is -0.172. The SMILES string of the molecule is O=C(CSc1nc2[nH]ncc2c(=O)n1-c1ccc(F)c(F)c1)NCc1ccc(F)cc1F. The highest BCUT2D eigenvalue weighted by atomic mass is 32.2. The van der Waals surface area contributed by atoms with E-state index in [1.54, 1.807) is 0 Å². The highest BCUT2D eigenvalue weighted by Crippen LogP contribution is 2.22. The molecule has 0 radical (unpaired) electrons. The van der Waals surface area contributed by atoms with Gasteiger partial charge in [0.2, 0.25) is 5.91 Å². The van der Waals surface area contributed by atoms with Crippen LogP contribution in [0.5, 0.6) is 0 Å². The molecular weight excluding hydrogens is 450 g/mol. The molecule has 0 atom stereocenters. The number of thioether (sulfide) groups is 1. The summed E-state index contributed by atoms with van der Waals surface area (Å²) in [7, 11) is 0. The van der Waals surface area contributed by atoms with Crippen LogP contribution < -0.4 is 10.9 Å². The van der Waals surface area contributed by atoms with Crippen LogP contribution >= 0.6 is 11.8 Å². The van der Waals surface area contributed by atoms with Crippen LogP contribution in [-0.2, 0) is 11.3 Å². The zero-order valence-electron chi connectivity index (χ0n) is 16.0. The summed E-state index contributed by atoms with van der Waals surface area (Å²) in [5, 5.41) is 8.94. The summed E-state index contributed by atoms with van der Waals surface area (Å²) in [5.41, 5.74) is -0.322. The van der Waals surface area contributed by atoms with Gasteiger partial charge in [-0.25, -0.2) is 22.5 Å². The van der Waals surface area contributed by atoms with E-state index >= 15 is 0 Å². The first kappa shape index (κ1) is 21.6. The number of rotatable bonds is 6. The van der Waals surface area contributed by atoms with Crippen LogP contribution in [0.3, 0.4) is 0 Å². The molecule has 7 nitrogen and oxygen atoms in total. The predicted octanol–water partition coefficient (Wildman–Crippen LogP) is 3.07. The maximum absolute atomic E-state index is 13.8. The number of carbonyl (C=O) groups is 1. The molecule has 12 heteroatoms. The van der Waals surface area contributed by atoms with Gasteiger partial charge in [0.15, 0.2) is 22.4 Å². The van der Waals surface area contributed by atoms with Crippen molar-refractivity contribution in [3.8, 4) is 5.69 Å². The summed E-state index contributed by atoms with van der Waals surface area (Å²) in [5.74, 6) is -4.51. The Hall–Kier alpha value is -3.67. The van der Waals surface area contributed by atoms with E-state index in [0.717, 1.165) is 34.5 Å². The lowest BCUT2D eigenvalue weighted by molar-refractivity contribution is -0.118. The second-order valence-corrected chi connectivity index (χ2v) is 7.51. The molecule has 0 unspecified atom stereocenters. The molecular formula is C20H13F4N5O2S. The Labute approximate surface area is 181 Å². The topological polar surface area (TPSA) is 92.7 Å². The maximum atomic E-state index is 13.8. The largest absolute Gasteiger partial charge is 0.351 e. The molecule has 0 aliphatic rings. The molecule has 32 heavy (non-hydrogen) atoms. The van der Waals surface area contributed by atoms with E-state index in [-0.39, 0.29) is 39.7 Å². The highest BCUT2D eigenvalue weighted by Gasteiger charge is 2.17. The summed E-state index contributed by atoms with van der Waals surface area (Å²) in [6, 6.07) is 5.91. The molecule has 2 heterocycles. The fourth-order valence-electron chi connectivity index (χ4n) is 2.86. The maximum Gasteiger partial charge on any atom is 0.269 e. The van der Waals surface area contributed by atoms with Crippen LogP contribution in [0.15, 0.2) is 52.5 Å². The Bertz CT molecular complexity index is 1390. The van der Waals surface area contributed by atoms with Gasteiger partial charge in [0.1, 0.15) is 17.0 Å². The van der Waals surface area contributed by atoms with Gasteiger partial charge in [0, 0.05) is 24.2 Å². The average Bonchev–Trinajstić information content (AvgIpc) is 3.23. The number of nitrogens with one attached hydrogen (secondary N) is 2. The van der Waals surface area contributed by atoms with Crippen molar-refractivity contribution in [2.24, 2.45) is 0 Å². The average molecular weight is 463 g/mol. The number of halogens is 4. The van der Waals surface area contributed by atoms with E-state index in [9.17, 15) is 27.2 Å². The van der Waals surface area contributed by atoms with Crippen molar-refractivity contribution >= 4 is 28.7 Å². The third kappa shape index (κ3) is 4.35. The van der Waals surface area contributed by atoms with Crippen molar-refractivity contribution in [1.29, 1.82) is 0 Å². The molecule has 164 valence electrons. The summed E-state index contributed by atoms with van der Waals surface area (Å²) in [4.78, 5) is 29.4. The Balaban J connectivity index is 1.57. The zero-order chi connectivity index (χ0) is 22.8. The molecule has 0 aliphatic heterocycles. The second-order valence-electron chi connectivity index (χ2n) is 6.57. The van der Waals surface area contributed by atoms with Crippen LogP contribution in [0.25, 0.3) is 16.7 Å². The first-order valence-corrected chi connectivity index (χ1v) is 10.1. The second kappa shape index (κ2) is 8.83. The minimum atomic E-state index is -1.16. The van der Waals surface area contributed by atoms with Crippen LogP contribution in [0, 0.1) is 23.3 Å². The Morgan fingerprint density at radius 1 is 1.06 bits per heavy atom. The van der Waals surface area contributed by atoms with Gasteiger partial charge in [-0.05, 0) is 18.2 Å². The monoisotopic (exact) mass is 463 g/mol. The van der Waals surface area contributed by atoms with Crippen LogP contribution in [0.4, 0.5) is 17.6 Å². The number of H-pyrrole nitrogens is 1. The molecule has 0 fully saturated rings. The third-order valence-corrected chi connectivity index (χ3v) is 5.37. The number of aromatic nitrogens is 4. The zero-order valence-corrected chi connectivity index (χ0v) is 16.9. The molecule has 1 amide bonds. The molecule has 4 rings (SSSR count). The molecule has 2 aromatic heterocycles. The molecule has 4 aromatic rings. The van der Waals surface area contributed by atoms with Gasteiger partial charge in [-0.1, -0.05) is 17.8 Å². The van der Waals surface area contributed by atoms with Crippen molar-refractivity contribution < 1.29 is 22.4 Å². The minimum absolute atomic E-state index is 0.0146. The molecule has 0 saturated heterocycles. The quantitative estimate of drug-likeness (QED) is 0.261. The smallest absolute Gasteiger partial charge is 0.269 e. The van der Waals surface area contributed by atoms with Crippen LogP contribution in [0.2, 0.25) is 0 Å². The van der Waals surface area contributed by atoms with Crippen molar-refractivity contribution in [2.45, 2.75) is 11.7 Å². The molecule has 0 bridgehead atoms. The number of amides is 1. The first-order valence-electron chi connectivity index (χ1n) is 9.08. The van der Waals surface area contributed by atoms with Gasteiger partial charge in [-0.3, -0.25) is 19.3 Å². The van der Waals surface area contributed by atoms with Gasteiger partial charge in [0.25, 0.3) is 5.56 Å². The van der Waals surface area contributed by atoms with Gasteiger partial charge < -0.3 is 5.32 Å². The lowest BCUT2D eigenvalue weighted by atomic mass is 10.2. The lowest BCUT2D eigenvalue weighted by Gasteiger charge is -2.12. The molecule has 2 N–H and O–H groups in total. The molecule has 0 spiro atoms. The number of aromatic amines is 1. The molecule has 0 saturated carbocycles. The van der Waals surface area contributed by atoms with Crippen molar-refractivity contribution in [3.63, 3.8) is 0 Å². The minimum Gasteiger partial charge on any atom is -0.351 e. The van der Waals surface area contributed by atoms with Gasteiger partial charge >= 0.3 is 0 Å². The van der Waals surface area contributed by atoms with E-state index in [4.69, 9.17) is 0 Å². The van der Waals surface area contributed by atoms with Crippen molar-refractivity contribution in [3.05, 3.63) is 81.8 Å². The normalized spacial score (nSPS) is 11.1. The standard InChI is InChI=1S/C20H13F4N5O2S/c21-11-2-1-10(15(23)5-11)7-25-17(30)9-32-20-27-18-13(8-26-28-18)19(31)29(20)12-3-4-14(22)16(24)6-12/h1-6,8H,7,9H2,(H,25,30)(H,26,28). The van der Waals surface area contributed by atoms with E-state index in [1.165, 1.54) is 18.3 Å². The van der Waals surface area contributed by atoms with Crippen molar-refractivity contribution in [1.82, 2.24) is 25.1 Å².